The highest BCUT2D eigenvalue weighted by atomic mass is 35.5. The molecule has 1 fully saturated rings. The minimum absolute atomic E-state index is 0.127. The first kappa shape index (κ1) is 15.3. The van der Waals surface area contributed by atoms with Gasteiger partial charge in [0.25, 0.3) is 0 Å². The van der Waals surface area contributed by atoms with E-state index in [9.17, 15) is 4.79 Å². The van der Waals surface area contributed by atoms with E-state index in [2.05, 4.69) is 4.98 Å². The zero-order valence-corrected chi connectivity index (χ0v) is 13.2. The SMILES string of the molecule is COCCOC1CN(C(=O)Cc2c[nH]c3cc(Cl)ccc23)C1. The Bertz CT molecular complexity index is 664. The Labute approximate surface area is 134 Å². The van der Waals surface area contributed by atoms with Gasteiger partial charge in [-0.15, -0.1) is 0 Å². The fourth-order valence-electron chi connectivity index (χ4n) is 2.62. The highest BCUT2D eigenvalue weighted by Gasteiger charge is 2.31. The van der Waals surface area contributed by atoms with Gasteiger partial charge in [0.1, 0.15) is 0 Å². The standard InChI is InChI=1S/C16H19ClN2O3/c1-21-4-5-22-13-9-19(10-13)16(20)6-11-8-18-15-7-12(17)2-3-14(11)15/h2-3,7-8,13,18H,4-6,9-10H2,1H3. The highest BCUT2D eigenvalue weighted by Crippen LogP contribution is 2.23. The van der Waals surface area contributed by atoms with Gasteiger partial charge in [-0.3, -0.25) is 4.79 Å². The number of hydrogen-bond donors (Lipinski definition) is 1. The van der Waals surface area contributed by atoms with Crippen LogP contribution in [0.3, 0.4) is 0 Å². The molecule has 0 radical (unpaired) electrons. The molecule has 0 aliphatic carbocycles. The Hall–Kier alpha value is -1.56. The van der Waals surface area contributed by atoms with E-state index < -0.39 is 0 Å². The summed E-state index contributed by atoms with van der Waals surface area (Å²) < 4.78 is 10.5. The molecule has 2 aromatic rings. The molecule has 2 heterocycles. The number of likely N-dealkylation sites (tertiary alicyclic amines) is 1. The van der Waals surface area contributed by atoms with Gasteiger partial charge < -0.3 is 19.4 Å². The molecule has 22 heavy (non-hydrogen) atoms. The Kier molecular flexibility index (Phi) is 4.66. The average molecular weight is 323 g/mol. The lowest BCUT2D eigenvalue weighted by molar-refractivity contribution is -0.145. The van der Waals surface area contributed by atoms with Crippen molar-refractivity contribution in [3.8, 4) is 0 Å². The maximum Gasteiger partial charge on any atom is 0.227 e. The van der Waals surface area contributed by atoms with Gasteiger partial charge in [0.2, 0.25) is 5.91 Å². The summed E-state index contributed by atoms with van der Waals surface area (Å²) in [5.74, 6) is 0.127. The van der Waals surface area contributed by atoms with Gasteiger partial charge in [-0.05, 0) is 17.7 Å². The molecule has 0 unspecified atom stereocenters. The van der Waals surface area contributed by atoms with Crippen molar-refractivity contribution < 1.29 is 14.3 Å². The third kappa shape index (κ3) is 3.27. The lowest BCUT2D eigenvalue weighted by atomic mass is 10.1. The lowest BCUT2D eigenvalue weighted by Gasteiger charge is -2.39. The van der Waals surface area contributed by atoms with Gasteiger partial charge in [0.15, 0.2) is 0 Å². The molecule has 0 spiro atoms. The van der Waals surface area contributed by atoms with Crippen LogP contribution in [0.25, 0.3) is 10.9 Å². The first-order valence-corrected chi connectivity index (χ1v) is 7.69. The molecule has 0 saturated carbocycles. The molecule has 0 atom stereocenters. The number of carbonyl (C=O) groups is 1. The van der Waals surface area contributed by atoms with Crippen molar-refractivity contribution >= 4 is 28.4 Å². The molecule has 1 aliphatic heterocycles. The molecule has 118 valence electrons. The van der Waals surface area contributed by atoms with Gasteiger partial charge in [-0.25, -0.2) is 0 Å². The van der Waals surface area contributed by atoms with Crippen LogP contribution in [0.1, 0.15) is 5.56 Å². The van der Waals surface area contributed by atoms with Gasteiger partial charge in [-0.2, -0.15) is 0 Å². The normalized spacial score (nSPS) is 15.3. The Morgan fingerprint density at radius 1 is 1.41 bits per heavy atom. The number of halogens is 1. The van der Waals surface area contributed by atoms with E-state index in [-0.39, 0.29) is 12.0 Å². The van der Waals surface area contributed by atoms with E-state index in [0.717, 1.165) is 16.5 Å². The van der Waals surface area contributed by atoms with Crippen LogP contribution in [0.2, 0.25) is 5.02 Å². The van der Waals surface area contributed by atoms with E-state index in [1.807, 2.05) is 29.3 Å². The van der Waals surface area contributed by atoms with E-state index in [1.54, 1.807) is 7.11 Å². The summed E-state index contributed by atoms with van der Waals surface area (Å²) in [4.78, 5) is 17.3. The highest BCUT2D eigenvalue weighted by molar-refractivity contribution is 6.31. The van der Waals surface area contributed by atoms with Crippen molar-refractivity contribution in [1.29, 1.82) is 0 Å². The second-order valence-corrected chi connectivity index (χ2v) is 5.90. The van der Waals surface area contributed by atoms with Crippen molar-refractivity contribution in [3.05, 3.63) is 35.0 Å². The van der Waals surface area contributed by atoms with E-state index in [4.69, 9.17) is 21.1 Å². The van der Waals surface area contributed by atoms with Gasteiger partial charge >= 0.3 is 0 Å². The molecule has 1 aromatic heterocycles. The van der Waals surface area contributed by atoms with Crippen molar-refractivity contribution in [1.82, 2.24) is 9.88 Å². The number of fused-ring (bicyclic) bond motifs is 1. The minimum Gasteiger partial charge on any atom is -0.382 e. The van der Waals surface area contributed by atoms with Crippen LogP contribution in [0.15, 0.2) is 24.4 Å². The number of carbonyl (C=O) groups excluding carboxylic acids is 1. The fraction of sp³-hybridized carbons (Fsp3) is 0.438. The Balaban J connectivity index is 1.54. The molecule has 1 aliphatic rings. The number of aromatic nitrogens is 1. The zero-order chi connectivity index (χ0) is 15.5. The summed E-state index contributed by atoms with van der Waals surface area (Å²) in [6.45, 7) is 2.49. The van der Waals surface area contributed by atoms with E-state index >= 15 is 0 Å². The molecule has 0 bridgehead atoms. The van der Waals surface area contributed by atoms with Crippen LogP contribution in [-0.4, -0.2) is 55.3 Å². The predicted octanol–water partition coefficient (Wildman–Crippen LogP) is 2.24. The van der Waals surface area contributed by atoms with Crippen molar-refractivity contribution in [2.24, 2.45) is 0 Å². The van der Waals surface area contributed by atoms with E-state index in [1.165, 1.54) is 0 Å². The summed E-state index contributed by atoms with van der Waals surface area (Å²) in [5, 5.41) is 1.73. The molecule has 1 N–H and O–H groups in total. The third-order valence-electron chi connectivity index (χ3n) is 3.91. The van der Waals surface area contributed by atoms with Gasteiger partial charge in [0, 0.05) is 42.3 Å². The third-order valence-corrected chi connectivity index (χ3v) is 4.15. The quantitative estimate of drug-likeness (QED) is 0.830. The topological polar surface area (TPSA) is 54.6 Å². The fourth-order valence-corrected chi connectivity index (χ4v) is 2.80. The van der Waals surface area contributed by atoms with Gasteiger partial charge in [-0.1, -0.05) is 17.7 Å². The van der Waals surface area contributed by atoms with Crippen molar-refractivity contribution in [3.63, 3.8) is 0 Å². The molecule has 3 rings (SSSR count). The number of amides is 1. The number of nitrogens with one attached hydrogen (secondary N) is 1. The first-order valence-electron chi connectivity index (χ1n) is 7.31. The van der Waals surface area contributed by atoms with Crippen LogP contribution in [-0.2, 0) is 20.7 Å². The number of aromatic amines is 1. The predicted molar refractivity (Wildman–Crippen MR) is 85.2 cm³/mol. The number of benzene rings is 1. The van der Waals surface area contributed by atoms with Crippen LogP contribution in [0, 0.1) is 0 Å². The van der Waals surface area contributed by atoms with E-state index in [0.29, 0.717) is 37.7 Å². The molecule has 5 nitrogen and oxygen atoms in total. The monoisotopic (exact) mass is 322 g/mol. The molecular formula is C16H19ClN2O3. The summed E-state index contributed by atoms with van der Waals surface area (Å²) in [6.07, 6.45) is 2.42. The van der Waals surface area contributed by atoms with Crippen LogP contribution >= 0.6 is 11.6 Å². The molecule has 6 heteroatoms. The van der Waals surface area contributed by atoms with Crippen molar-refractivity contribution in [2.45, 2.75) is 12.5 Å². The second kappa shape index (κ2) is 6.69. The smallest absolute Gasteiger partial charge is 0.227 e. The zero-order valence-electron chi connectivity index (χ0n) is 12.5. The van der Waals surface area contributed by atoms with Crippen LogP contribution < -0.4 is 0 Å². The largest absolute Gasteiger partial charge is 0.382 e. The summed E-state index contributed by atoms with van der Waals surface area (Å²) in [6, 6.07) is 5.66. The average Bonchev–Trinajstić information content (AvgIpc) is 2.83. The summed E-state index contributed by atoms with van der Waals surface area (Å²) in [5.41, 5.74) is 1.96. The molecule has 1 aromatic carbocycles. The first-order chi connectivity index (χ1) is 10.7. The number of ether oxygens (including phenoxy) is 2. The maximum absolute atomic E-state index is 12.3. The number of nitrogens with zero attached hydrogens (tertiary/aromatic N) is 1. The van der Waals surface area contributed by atoms with Gasteiger partial charge in [0.05, 0.1) is 25.7 Å². The molecule has 1 amide bonds. The summed E-state index contributed by atoms with van der Waals surface area (Å²) >= 11 is 5.97. The lowest BCUT2D eigenvalue weighted by Crippen LogP contribution is -2.55. The number of methoxy groups -OCH3 is 1. The minimum atomic E-state index is 0.127. The summed E-state index contributed by atoms with van der Waals surface area (Å²) in [7, 11) is 1.65. The maximum atomic E-state index is 12.3. The van der Waals surface area contributed by atoms with Crippen molar-refractivity contribution in [2.75, 3.05) is 33.4 Å². The second-order valence-electron chi connectivity index (χ2n) is 5.46. The molecule has 1 saturated heterocycles. The van der Waals surface area contributed by atoms with Crippen LogP contribution in [0.4, 0.5) is 0 Å². The Morgan fingerprint density at radius 2 is 2.23 bits per heavy atom. The number of rotatable bonds is 6. The number of H-pyrrole nitrogens is 1. The van der Waals surface area contributed by atoms with Crippen LogP contribution in [0.5, 0.6) is 0 Å². The molecular weight excluding hydrogens is 304 g/mol. The Morgan fingerprint density at radius 3 is 3.00 bits per heavy atom. The number of hydrogen-bond acceptors (Lipinski definition) is 3.